The molecule has 2 amide bonds. The summed E-state index contributed by atoms with van der Waals surface area (Å²) in [7, 11) is 1.12. The normalized spacial score (nSPS) is 13.7. The third-order valence-corrected chi connectivity index (χ3v) is 2.70. The Morgan fingerprint density at radius 1 is 1.37 bits per heavy atom. The first kappa shape index (κ1) is 15.2. The van der Waals surface area contributed by atoms with Crippen LogP contribution in [0.4, 0.5) is 19.3 Å². The number of hydrogen-bond acceptors (Lipinski definition) is 4. The molecule has 1 aromatic carbocycles. The SMILES string of the molecule is CCOC(=O)[N+](C)(C(=O)CN)c1cc(F)ccc1F. The highest BCUT2D eigenvalue weighted by Crippen LogP contribution is 2.27. The first-order valence-corrected chi connectivity index (χ1v) is 5.60. The van der Waals surface area contributed by atoms with Crippen LogP contribution in [0.1, 0.15) is 6.92 Å². The molecule has 0 radical (unpaired) electrons. The van der Waals surface area contributed by atoms with E-state index in [0.717, 1.165) is 25.2 Å². The summed E-state index contributed by atoms with van der Waals surface area (Å²) < 4.78 is 30.6. The summed E-state index contributed by atoms with van der Waals surface area (Å²) in [5, 5.41) is 0. The highest BCUT2D eigenvalue weighted by atomic mass is 19.1. The monoisotopic (exact) mass is 273 g/mol. The van der Waals surface area contributed by atoms with Gasteiger partial charge in [-0.15, -0.1) is 4.48 Å². The number of imide groups is 1. The van der Waals surface area contributed by atoms with Gasteiger partial charge in [-0.05, 0) is 19.1 Å². The molecule has 0 aliphatic carbocycles. The van der Waals surface area contributed by atoms with E-state index in [2.05, 4.69) is 0 Å². The largest absolute Gasteiger partial charge is 0.528 e. The molecule has 0 saturated carbocycles. The molecule has 1 unspecified atom stereocenters. The fourth-order valence-corrected chi connectivity index (χ4v) is 1.60. The molecule has 0 bridgehead atoms. The van der Waals surface area contributed by atoms with Crippen molar-refractivity contribution in [3.05, 3.63) is 29.8 Å². The summed E-state index contributed by atoms with van der Waals surface area (Å²) in [6.07, 6.45) is -1.01. The summed E-state index contributed by atoms with van der Waals surface area (Å²) in [4.78, 5) is 23.8. The van der Waals surface area contributed by atoms with E-state index >= 15 is 0 Å². The number of rotatable bonds is 3. The number of amides is 2. The molecule has 1 aromatic rings. The van der Waals surface area contributed by atoms with Gasteiger partial charge < -0.3 is 10.5 Å². The molecule has 104 valence electrons. The smallest absolute Gasteiger partial charge is 0.420 e. The fourth-order valence-electron chi connectivity index (χ4n) is 1.60. The Labute approximate surface area is 109 Å². The van der Waals surface area contributed by atoms with Crippen molar-refractivity contribution in [2.24, 2.45) is 5.73 Å². The van der Waals surface area contributed by atoms with Crippen LogP contribution in [-0.4, -0.2) is 32.2 Å². The zero-order chi connectivity index (χ0) is 14.6. The number of halogens is 2. The van der Waals surface area contributed by atoms with Crippen LogP contribution >= 0.6 is 0 Å². The van der Waals surface area contributed by atoms with Crippen molar-refractivity contribution >= 4 is 17.7 Å². The Kier molecular flexibility index (Phi) is 4.68. The van der Waals surface area contributed by atoms with E-state index < -0.39 is 40.4 Å². The van der Waals surface area contributed by atoms with Gasteiger partial charge >= 0.3 is 12.0 Å². The van der Waals surface area contributed by atoms with Gasteiger partial charge in [-0.3, -0.25) is 0 Å². The number of nitrogens with zero attached hydrogens (tertiary/aromatic N) is 1. The molecule has 0 heterocycles. The van der Waals surface area contributed by atoms with Gasteiger partial charge in [0.15, 0.2) is 11.5 Å². The van der Waals surface area contributed by atoms with Crippen LogP contribution in [0.3, 0.4) is 0 Å². The Morgan fingerprint density at radius 3 is 2.53 bits per heavy atom. The van der Waals surface area contributed by atoms with E-state index in [1.54, 1.807) is 0 Å². The van der Waals surface area contributed by atoms with Gasteiger partial charge in [0, 0.05) is 6.07 Å². The summed E-state index contributed by atoms with van der Waals surface area (Å²) in [5.74, 6) is -2.46. The molecule has 7 heteroatoms. The van der Waals surface area contributed by atoms with Gasteiger partial charge in [0.25, 0.3) is 0 Å². The Bertz CT molecular complexity index is 508. The Hall–Kier alpha value is -1.86. The van der Waals surface area contributed by atoms with Crippen molar-refractivity contribution < 1.29 is 23.1 Å². The minimum absolute atomic E-state index is 0.00145. The fraction of sp³-hybridized carbons (Fsp3) is 0.333. The topological polar surface area (TPSA) is 69.4 Å². The van der Waals surface area contributed by atoms with Crippen LogP contribution in [0.15, 0.2) is 18.2 Å². The van der Waals surface area contributed by atoms with Crippen LogP contribution in [0.25, 0.3) is 0 Å². The van der Waals surface area contributed by atoms with Crippen molar-refractivity contribution in [1.29, 1.82) is 0 Å². The number of carbonyl (C=O) groups excluding carboxylic acids is 2. The average molecular weight is 273 g/mol. The molecule has 0 aliphatic rings. The summed E-state index contributed by atoms with van der Waals surface area (Å²) in [6, 6.07) is 2.51. The summed E-state index contributed by atoms with van der Waals surface area (Å²) in [5.41, 5.74) is 4.79. The Balaban J connectivity index is 3.43. The molecular weight excluding hydrogens is 258 g/mol. The van der Waals surface area contributed by atoms with Crippen LogP contribution in [-0.2, 0) is 9.53 Å². The standard InChI is InChI=1S/C12H15F2N2O3/c1-3-19-12(18)16(2,11(17)7-15)10-6-8(13)4-5-9(10)14/h4-6H,3,7,15H2,1-2H3/q+1. The van der Waals surface area contributed by atoms with Gasteiger partial charge in [0.05, 0.1) is 13.7 Å². The lowest BCUT2D eigenvalue weighted by Crippen LogP contribution is -2.58. The van der Waals surface area contributed by atoms with Crippen LogP contribution in [0, 0.1) is 11.6 Å². The predicted molar refractivity (Wildman–Crippen MR) is 65.2 cm³/mol. The molecule has 0 aromatic heterocycles. The molecule has 0 saturated heterocycles. The number of ether oxygens (including phenoxy) is 1. The molecule has 2 N–H and O–H groups in total. The third kappa shape index (κ3) is 2.77. The van der Waals surface area contributed by atoms with Crippen molar-refractivity contribution in [2.75, 3.05) is 20.2 Å². The Morgan fingerprint density at radius 2 is 2.00 bits per heavy atom. The maximum atomic E-state index is 13.8. The number of likely N-dealkylation sites (N-methyl/N-ethyl adjacent to an activating group) is 1. The van der Waals surface area contributed by atoms with Gasteiger partial charge in [0.2, 0.25) is 0 Å². The van der Waals surface area contributed by atoms with E-state index in [0.29, 0.717) is 0 Å². The number of benzene rings is 1. The molecule has 5 nitrogen and oxygen atoms in total. The van der Waals surface area contributed by atoms with E-state index in [-0.39, 0.29) is 6.61 Å². The van der Waals surface area contributed by atoms with Crippen molar-refractivity contribution in [3.63, 3.8) is 0 Å². The second kappa shape index (κ2) is 5.85. The maximum Gasteiger partial charge on any atom is 0.528 e. The summed E-state index contributed by atoms with van der Waals surface area (Å²) >= 11 is 0. The highest BCUT2D eigenvalue weighted by molar-refractivity contribution is 6.06. The van der Waals surface area contributed by atoms with Crippen molar-refractivity contribution in [1.82, 2.24) is 4.48 Å². The van der Waals surface area contributed by atoms with Crippen LogP contribution < -0.4 is 10.2 Å². The molecular formula is C12H15F2N2O3+. The van der Waals surface area contributed by atoms with Crippen LogP contribution in [0.2, 0.25) is 0 Å². The number of hydrogen-bond donors (Lipinski definition) is 1. The van der Waals surface area contributed by atoms with Gasteiger partial charge in [-0.2, -0.15) is 4.79 Å². The van der Waals surface area contributed by atoms with Gasteiger partial charge in [-0.1, -0.05) is 0 Å². The first-order valence-electron chi connectivity index (χ1n) is 5.60. The lowest BCUT2D eigenvalue weighted by Gasteiger charge is -2.26. The quantitative estimate of drug-likeness (QED) is 0.848. The van der Waals surface area contributed by atoms with Crippen molar-refractivity contribution in [2.45, 2.75) is 6.92 Å². The second-order valence-corrected chi connectivity index (χ2v) is 3.90. The molecule has 1 atom stereocenters. The molecule has 0 aliphatic heterocycles. The lowest BCUT2D eigenvalue weighted by atomic mass is 10.2. The summed E-state index contributed by atoms with van der Waals surface area (Å²) in [6.45, 7) is 1.03. The minimum Gasteiger partial charge on any atom is -0.420 e. The highest BCUT2D eigenvalue weighted by Gasteiger charge is 2.46. The average Bonchev–Trinajstić information content (AvgIpc) is 2.39. The van der Waals surface area contributed by atoms with Gasteiger partial charge in [-0.25, -0.2) is 13.6 Å². The number of nitrogens with two attached hydrogens (primary N) is 1. The minimum atomic E-state index is -1.17. The van der Waals surface area contributed by atoms with E-state index in [1.165, 1.54) is 6.92 Å². The third-order valence-electron chi connectivity index (χ3n) is 2.70. The first-order chi connectivity index (χ1) is 8.87. The molecule has 0 spiro atoms. The molecule has 1 rings (SSSR count). The van der Waals surface area contributed by atoms with Crippen LogP contribution in [0.5, 0.6) is 0 Å². The number of quaternary nitrogens is 1. The van der Waals surface area contributed by atoms with E-state index in [4.69, 9.17) is 10.5 Å². The zero-order valence-electron chi connectivity index (χ0n) is 10.7. The molecule has 19 heavy (non-hydrogen) atoms. The predicted octanol–water partition coefficient (Wildman–Crippen LogP) is 1.54. The van der Waals surface area contributed by atoms with E-state index in [1.807, 2.05) is 0 Å². The van der Waals surface area contributed by atoms with E-state index in [9.17, 15) is 18.4 Å². The molecule has 0 fully saturated rings. The van der Waals surface area contributed by atoms with Crippen molar-refractivity contribution in [3.8, 4) is 0 Å². The lowest BCUT2D eigenvalue weighted by molar-refractivity contribution is -0.126. The number of carbonyl (C=O) groups is 2. The maximum absolute atomic E-state index is 13.8. The van der Waals surface area contributed by atoms with Gasteiger partial charge in [0.1, 0.15) is 12.4 Å². The second-order valence-electron chi connectivity index (χ2n) is 3.90. The zero-order valence-corrected chi connectivity index (χ0v) is 10.7.